The lowest BCUT2D eigenvalue weighted by Gasteiger charge is -2.21. The average Bonchev–Trinajstić information content (AvgIpc) is 2.46. The molecule has 1 atom stereocenters. The number of rotatable bonds is 5. The Bertz CT molecular complexity index is 612. The van der Waals surface area contributed by atoms with Gasteiger partial charge in [0.15, 0.2) is 14.4 Å². The van der Waals surface area contributed by atoms with Gasteiger partial charge in [0.05, 0.1) is 6.07 Å². The highest BCUT2D eigenvalue weighted by atomic mass is 28.4. The number of nitriles is 1. The van der Waals surface area contributed by atoms with E-state index < -0.39 is 14.4 Å². The van der Waals surface area contributed by atoms with Crippen molar-refractivity contribution in [2.75, 3.05) is 0 Å². The minimum Gasteiger partial charge on any atom is -0.457 e. The third-order valence-corrected chi connectivity index (χ3v) is 3.69. The van der Waals surface area contributed by atoms with Gasteiger partial charge in [0.25, 0.3) is 0 Å². The smallest absolute Gasteiger partial charge is 0.186 e. The minimum absolute atomic E-state index is 0.512. The summed E-state index contributed by atoms with van der Waals surface area (Å²) < 4.78 is 11.6. The molecule has 0 aromatic heterocycles. The molecule has 0 amide bonds. The molecule has 0 N–H and O–H groups in total. The van der Waals surface area contributed by atoms with Gasteiger partial charge in [-0.15, -0.1) is 0 Å². The predicted octanol–water partition coefficient (Wildman–Crippen LogP) is 4.90. The van der Waals surface area contributed by atoms with Crippen LogP contribution in [0.25, 0.3) is 0 Å². The Morgan fingerprint density at radius 2 is 1.48 bits per heavy atom. The van der Waals surface area contributed by atoms with Gasteiger partial charge in [-0.25, -0.2) is 0 Å². The van der Waals surface area contributed by atoms with Gasteiger partial charge in [0.2, 0.25) is 0 Å². The van der Waals surface area contributed by atoms with Crippen molar-refractivity contribution in [1.29, 1.82) is 5.26 Å². The standard InChI is InChI=1S/C17H19NO2Si/c1-21(2,3)20-17(13-18)14-9-11-16(12-10-14)19-15-7-5-4-6-8-15/h4-12,17H,1-3H3. The maximum absolute atomic E-state index is 9.26. The average molecular weight is 297 g/mol. The summed E-state index contributed by atoms with van der Waals surface area (Å²) in [6.07, 6.45) is -0.512. The van der Waals surface area contributed by atoms with Gasteiger partial charge >= 0.3 is 0 Å². The van der Waals surface area contributed by atoms with Gasteiger partial charge < -0.3 is 9.16 Å². The van der Waals surface area contributed by atoms with E-state index in [2.05, 4.69) is 25.7 Å². The van der Waals surface area contributed by atoms with Crippen molar-refractivity contribution in [3.05, 3.63) is 60.2 Å². The van der Waals surface area contributed by atoms with Gasteiger partial charge in [-0.3, -0.25) is 0 Å². The SMILES string of the molecule is C[Si](C)(C)OC(C#N)c1ccc(Oc2ccccc2)cc1. The summed E-state index contributed by atoms with van der Waals surface area (Å²) >= 11 is 0. The van der Waals surface area contributed by atoms with E-state index in [0.29, 0.717) is 0 Å². The Morgan fingerprint density at radius 3 is 2.00 bits per heavy atom. The van der Waals surface area contributed by atoms with Crippen LogP contribution in [-0.4, -0.2) is 8.32 Å². The van der Waals surface area contributed by atoms with E-state index in [1.165, 1.54) is 0 Å². The third kappa shape index (κ3) is 4.74. The molecule has 0 bridgehead atoms. The minimum atomic E-state index is -1.75. The van der Waals surface area contributed by atoms with E-state index in [-0.39, 0.29) is 0 Å². The van der Waals surface area contributed by atoms with Crippen LogP contribution >= 0.6 is 0 Å². The predicted molar refractivity (Wildman–Crippen MR) is 85.7 cm³/mol. The molecule has 2 rings (SSSR count). The summed E-state index contributed by atoms with van der Waals surface area (Å²) in [5.41, 5.74) is 0.861. The van der Waals surface area contributed by atoms with Crippen molar-refractivity contribution >= 4 is 8.32 Å². The van der Waals surface area contributed by atoms with Gasteiger partial charge in [-0.1, -0.05) is 30.3 Å². The number of nitrogens with zero attached hydrogens (tertiary/aromatic N) is 1. The second-order valence-corrected chi connectivity index (χ2v) is 10.2. The Labute approximate surface area is 126 Å². The van der Waals surface area contributed by atoms with Gasteiger partial charge in [-0.05, 0) is 49.5 Å². The molecule has 2 aromatic carbocycles. The van der Waals surface area contributed by atoms with E-state index >= 15 is 0 Å². The molecular weight excluding hydrogens is 278 g/mol. The molecule has 3 nitrogen and oxygen atoms in total. The van der Waals surface area contributed by atoms with Crippen LogP contribution in [0.4, 0.5) is 0 Å². The van der Waals surface area contributed by atoms with Crippen LogP contribution in [0, 0.1) is 11.3 Å². The fraction of sp³-hybridized carbons (Fsp3) is 0.235. The maximum atomic E-state index is 9.26. The number of hydrogen-bond acceptors (Lipinski definition) is 3. The number of ether oxygens (including phenoxy) is 1. The molecule has 0 radical (unpaired) electrons. The monoisotopic (exact) mass is 297 g/mol. The number of hydrogen-bond donors (Lipinski definition) is 0. The number of para-hydroxylation sites is 1. The molecule has 0 aliphatic carbocycles. The summed E-state index contributed by atoms with van der Waals surface area (Å²) in [7, 11) is -1.75. The van der Waals surface area contributed by atoms with Crippen LogP contribution in [0.2, 0.25) is 19.6 Å². The van der Waals surface area contributed by atoms with E-state index in [9.17, 15) is 5.26 Å². The first-order chi connectivity index (χ1) is 9.98. The first kappa shape index (κ1) is 15.3. The lowest BCUT2D eigenvalue weighted by Crippen LogP contribution is -2.27. The van der Waals surface area contributed by atoms with Crippen molar-refractivity contribution in [3.63, 3.8) is 0 Å². The topological polar surface area (TPSA) is 42.2 Å². The molecule has 0 saturated heterocycles. The molecule has 0 aliphatic heterocycles. The number of benzene rings is 2. The molecule has 1 unspecified atom stereocenters. The lowest BCUT2D eigenvalue weighted by molar-refractivity contribution is 0.255. The molecule has 0 fully saturated rings. The largest absolute Gasteiger partial charge is 0.457 e. The van der Waals surface area contributed by atoms with Crippen LogP contribution in [0.3, 0.4) is 0 Å². The third-order valence-electron chi connectivity index (χ3n) is 2.75. The van der Waals surface area contributed by atoms with Crippen molar-refractivity contribution in [1.82, 2.24) is 0 Å². The molecule has 21 heavy (non-hydrogen) atoms. The summed E-state index contributed by atoms with van der Waals surface area (Å²) in [6.45, 7) is 6.22. The molecule has 108 valence electrons. The van der Waals surface area contributed by atoms with Crippen LogP contribution < -0.4 is 4.74 Å². The molecule has 2 aromatic rings. The van der Waals surface area contributed by atoms with E-state index in [1.54, 1.807) is 0 Å². The lowest BCUT2D eigenvalue weighted by atomic mass is 10.1. The van der Waals surface area contributed by atoms with Gasteiger partial charge in [0.1, 0.15) is 11.5 Å². The van der Waals surface area contributed by atoms with Crippen molar-refractivity contribution in [2.45, 2.75) is 25.7 Å². The van der Waals surface area contributed by atoms with Crippen LogP contribution in [0.5, 0.6) is 11.5 Å². The van der Waals surface area contributed by atoms with Crippen molar-refractivity contribution < 1.29 is 9.16 Å². The summed E-state index contributed by atoms with van der Waals surface area (Å²) in [5.74, 6) is 1.54. The summed E-state index contributed by atoms with van der Waals surface area (Å²) in [6, 6.07) is 19.3. The summed E-state index contributed by atoms with van der Waals surface area (Å²) in [4.78, 5) is 0. The normalized spacial score (nSPS) is 12.5. The van der Waals surface area contributed by atoms with Gasteiger partial charge in [0, 0.05) is 0 Å². The zero-order chi connectivity index (χ0) is 15.3. The molecule has 0 spiro atoms. The van der Waals surface area contributed by atoms with E-state index in [0.717, 1.165) is 17.1 Å². The quantitative estimate of drug-likeness (QED) is 0.737. The van der Waals surface area contributed by atoms with E-state index in [4.69, 9.17) is 9.16 Å². The molecule has 0 heterocycles. The fourth-order valence-electron chi connectivity index (χ4n) is 1.86. The fourth-order valence-corrected chi connectivity index (χ4v) is 2.75. The van der Waals surface area contributed by atoms with Crippen molar-refractivity contribution in [3.8, 4) is 17.6 Å². The highest BCUT2D eigenvalue weighted by molar-refractivity contribution is 6.69. The Kier molecular flexibility index (Phi) is 4.79. The zero-order valence-corrected chi connectivity index (χ0v) is 13.5. The first-order valence-corrected chi connectivity index (χ1v) is 10.3. The zero-order valence-electron chi connectivity index (χ0n) is 12.5. The van der Waals surface area contributed by atoms with E-state index in [1.807, 2.05) is 54.6 Å². The second kappa shape index (κ2) is 6.57. The maximum Gasteiger partial charge on any atom is 0.186 e. The van der Waals surface area contributed by atoms with Gasteiger partial charge in [-0.2, -0.15) is 5.26 Å². The summed E-state index contributed by atoms with van der Waals surface area (Å²) in [5, 5.41) is 9.26. The Hall–Kier alpha value is -2.09. The molecular formula is C17H19NO2Si. The highest BCUT2D eigenvalue weighted by Crippen LogP contribution is 2.26. The van der Waals surface area contributed by atoms with Crippen molar-refractivity contribution in [2.24, 2.45) is 0 Å². The highest BCUT2D eigenvalue weighted by Gasteiger charge is 2.22. The second-order valence-electron chi connectivity index (χ2n) is 5.72. The van der Waals surface area contributed by atoms with Crippen LogP contribution in [0.15, 0.2) is 54.6 Å². The van der Waals surface area contributed by atoms with Crippen LogP contribution in [-0.2, 0) is 4.43 Å². The molecule has 0 saturated carbocycles. The molecule has 4 heteroatoms. The Balaban J connectivity index is 2.09. The Morgan fingerprint density at radius 1 is 0.905 bits per heavy atom. The molecule has 0 aliphatic rings. The first-order valence-electron chi connectivity index (χ1n) is 6.88. The van der Waals surface area contributed by atoms with Crippen LogP contribution in [0.1, 0.15) is 11.7 Å².